The maximum absolute atomic E-state index is 12.5. The molecule has 0 radical (unpaired) electrons. The number of furan rings is 1. The Morgan fingerprint density at radius 3 is 2.64 bits per heavy atom. The van der Waals surface area contributed by atoms with Gasteiger partial charge in [-0.15, -0.1) is 0 Å². The van der Waals surface area contributed by atoms with Crippen LogP contribution in [0, 0.1) is 13.8 Å². The Hall–Kier alpha value is -3.35. The van der Waals surface area contributed by atoms with Gasteiger partial charge in [-0.2, -0.15) is 5.10 Å². The second-order valence-corrected chi connectivity index (χ2v) is 5.86. The van der Waals surface area contributed by atoms with Crippen molar-refractivity contribution < 1.29 is 13.6 Å². The third-order valence-corrected chi connectivity index (χ3v) is 4.25. The number of aryl methyl sites for hydroxylation is 2. The highest BCUT2D eigenvalue weighted by Gasteiger charge is 2.20. The molecule has 0 fully saturated rings. The van der Waals surface area contributed by atoms with Crippen LogP contribution in [0.5, 0.6) is 0 Å². The van der Waals surface area contributed by atoms with E-state index in [1.807, 2.05) is 6.92 Å². The Morgan fingerprint density at radius 2 is 1.92 bits per heavy atom. The zero-order chi connectivity index (χ0) is 17.7. The summed E-state index contributed by atoms with van der Waals surface area (Å²) in [5.74, 6) is -0.420. The molecule has 0 aliphatic rings. The lowest BCUT2D eigenvalue weighted by molar-refractivity contribution is 0.0997. The van der Waals surface area contributed by atoms with Crippen LogP contribution in [0.15, 0.2) is 44.0 Å². The first-order chi connectivity index (χ1) is 12.0. The quantitative estimate of drug-likeness (QED) is 0.607. The van der Waals surface area contributed by atoms with E-state index in [0.29, 0.717) is 22.4 Å². The van der Waals surface area contributed by atoms with Gasteiger partial charge < -0.3 is 14.2 Å². The van der Waals surface area contributed by atoms with E-state index in [1.54, 1.807) is 42.9 Å². The van der Waals surface area contributed by atoms with Gasteiger partial charge in [0.2, 0.25) is 5.43 Å². The van der Waals surface area contributed by atoms with Crippen molar-refractivity contribution >= 4 is 33.7 Å². The number of aromatic nitrogens is 2. The van der Waals surface area contributed by atoms with Crippen LogP contribution in [0.2, 0.25) is 0 Å². The molecule has 1 amide bonds. The van der Waals surface area contributed by atoms with Crippen molar-refractivity contribution in [3.8, 4) is 0 Å². The van der Waals surface area contributed by atoms with Gasteiger partial charge in [0.1, 0.15) is 11.0 Å². The van der Waals surface area contributed by atoms with Crippen LogP contribution in [0.4, 0.5) is 5.69 Å². The Morgan fingerprint density at radius 1 is 1.16 bits per heavy atom. The van der Waals surface area contributed by atoms with Gasteiger partial charge in [-0.25, -0.2) is 0 Å². The number of amides is 1. The van der Waals surface area contributed by atoms with Crippen LogP contribution in [0.3, 0.4) is 0 Å². The van der Waals surface area contributed by atoms with E-state index in [1.165, 1.54) is 6.07 Å². The summed E-state index contributed by atoms with van der Waals surface area (Å²) in [7, 11) is 1.80. The Kier molecular flexibility index (Phi) is 3.24. The number of fused-ring (bicyclic) bond motifs is 2. The number of hydrogen-bond donors (Lipinski definition) is 1. The fourth-order valence-electron chi connectivity index (χ4n) is 2.84. The van der Waals surface area contributed by atoms with Crippen LogP contribution >= 0.6 is 0 Å². The molecule has 25 heavy (non-hydrogen) atoms. The third-order valence-electron chi connectivity index (χ3n) is 4.25. The number of anilines is 1. The summed E-state index contributed by atoms with van der Waals surface area (Å²) in [6, 6.07) is 8.29. The summed E-state index contributed by atoms with van der Waals surface area (Å²) < 4.78 is 12.8. The second kappa shape index (κ2) is 5.34. The molecule has 0 saturated heterocycles. The molecule has 3 heterocycles. The summed E-state index contributed by atoms with van der Waals surface area (Å²) >= 11 is 0. The molecule has 0 saturated carbocycles. The Labute approximate surface area is 141 Å². The molecule has 0 unspecified atom stereocenters. The van der Waals surface area contributed by atoms with Gasteiger partial charge in [0, 0.05) is 13.1 Å². The number of nitrogens with one attached hydrogen (secondary N) is 1. The molecule has 7 heteroatoms. The van der Waals surface area contributed by atoms with Gasteiger partial charge in [-0.05, 0) is 26.0 Å². The highest BCUT2D eigenvalue weighted by Crippen LogP contribution is 2.24. The molecule has 0 aliphatic heterocycles. The average molecular weight is 337 g/mol. The fourth-order valence-corrected chi connectivity index (χ4v) is 2.84. The number of para-hydroxylation sites is 1. The lowest BCUT2D eigenvalue weighted by Gasteiger charge is -2.03. The zero-order valence-electron chi connectivity index (χ0n) is 13.9. The molecule has 7 nitrogen and oxygen atoms in total. The van der Waals surface area contributed by atoms with Gasteiger partial charge in [-0.1, -0.05) is 12.1 Å². The SMILES string of the molecule is Cc1nn(C)c(C)c1NC(=O)c1cc2c(=O)c3ccccc3oc2o1. The van der Waals surface area contributed by atoms with Crippen LogP contribution in [0.1, 0.15) is 21.9 Å². The summed E-state index contributed by atoms with van der Waals surface area (Å²) in [5.41, 5.74) is 2.33. The van der Waals surface area contributed by atoms with Crippen molar-refractivity contribution in [2.24, 2.45) is 7.05 Å². The molecule has 0 atom stereocenters. The van der Waals surface area contributed by atoms with Crippen molar-refractivity contribution in [1.29, 1.82) is 0 Å². The zero-order valence-corrected chi connectivity index (χ0v) is 13.9. The normalized spacial score (nSPS) is 11.3. The van der Waals surface area contributed by atoms with Gasteiger partial charge >= 0.3 is 5.78 Å². The molecular weight excluding hydrogens is 322 g/mol. The highest BCUT2D eigenvalue weighted by molar-refractivity contribution is 6.05. The number of carbonyl (C=O) groups is 1. The second-order valence-electron chi connectivity index (χ2n) is 5.86. The third kappa shape index (κ3) is 2.32. The van der Waals surface area contributed by atoms with E-state index < -0.39 is 5.91 Å². The van der Waals surface area contributed by atoms with E-state index in [0.717, 1.165) is 5.69 Å². The van der Waals surface area contributed by atoms with E-state index >= 15 is 0 Å². The maximum Gasteiger partial charge on any atom is 0.302 e. The predicted molar refractivity (Wildman–Crippen MR) is 92.9 cm³/mol. The minimum Gasteiger partial charge on any atom is -0.425 e. The predicted octanol–water partition coefficient (Wildman–Crippen LogP) is 3.14. The van der Waals surface area contributed by atoms with Crippen LogP contribution < -0.4 is 10.7 Å². The Bertz CT molecular complexity index is 1200. The van der Waals surface area contributed by atoms with E-state index in [4.69, 9.17) is 8.83 Å². The molecule has 0 aliphatic carbocycles. The summed E-state index contributed by atoms with van der Waals surface area (Å²) in [4.78, 5) is 25.0. The molecule has 3 aromatic heterocycles. The smallest absolute Gasteiger partial charge is 0.302 e. The van der Waals surface area contributed by atoms with E-state index in [9.17, 15) is 9.59 Å². The minimum atomic E-state index is -0.464. The van der Waals surface area contributed by atoms with Crippen molar-refractivity contribution in [3.63, 3.8) is 0 Å². The lowest BCUT2D eigenvalue weighted by Crippen LogP contribution is -2.12. The van der Waals surface area contributed by atoms with Crippen molar-refractivity contribution in [2.45, 2.75) is 13.8 Å². The highest BCUT2D eigenvalue weighted by atomic mass is 16.5. The molecule has 0 bridgehead atoms. The number of rotatable bonds is 2. The number of benzene rings is 1. The average Bonchev–Trinajstić information content (AvgIpc) is 3.12. The Balaban J connectivity index is 1.79. The summed E-state index contributed by atoms with van der Waals surface area (Å²) in [6.07, 6.45) is 0. The summed E-state index contributed by atoms with van der Waals surface area (Å²) in [5, 5.41) is 7.72. The molecule has 126 valence electrons. The molecule has 4 rings (SSSR count). The van der Waals surface area contributed by atoms with Gasteiger partial charge in [0.25, 0.3) is 5.91 Å². The molecular formula is C18H15N3O4. The fraction of sp³-hybridized carbons (Fsp3) is 0.167. The topological polar surface area (TPSA) is 90.3 Å². The number of hydrogen-bond acceptors (Lipinski definition) is 5. The van der Waals surface area contributed by atoms with Crippen LogP contribution in [-0.4, -0.2) is 15.7 Å². The molecule has 1 aromatic carbocycles. The van der Waals surface area contributed by atoms with Crippen molar-refractivity contribution in [3.05, 3.63) is 57.7 Å². The molecule has 4 aromatic rings. The first-order valence-electron chi connectivity index (χ1n) is 7.72. The van der Waals surface area contributed by atoms with Crippen LogP contribution in [-0.2, 0) is 7.05 Å². The van der Waals surface area contributed by atoms with Gasteiger partial charge in [-0.3, -0.25) is 14.3 Å². The number of carbonyl (C=O) groups excluding carboxylic acids is 1. The van der Waals surface area contributed by atoms with E-state index in [2.05, 4.69) is 10.4 Å². The van der Waals surface area contributed by atoms with Crippen molar-refractivity contribution in [2.75, 3.05) is 5.32 Å². The largest absolute Gasteiger partial charge is 0.425 e. The van der Waals surface area contributed by atoms with Crippen LogP contribution in [0.25, 0.3) is 22.1 Å². The van der Waals surface area contributed by atoms with Gasteiger partial charge in [0.05, 0.1) is 22.5 Å². The monoisotopic (exact) mass is 337 g/mol. The van der Waals surface area contributed by atoms with Crippen molar-refractivity contribution in [1.82, 2.24) is 9.78 Å². The minimum absolute atomic E-state index is 0.00816. The first kappa shape index (κ1) is 15.2. The summed E-state index contributed by atoms with van der Waals surface area (Å²) in [6.45, 7) is 3.66. The lowest BCUT2D eigenvalue weighted by atomic mass is 10.2. The molecule has 0 spiro atoms. The molecule has 1 N–H and O–H groups in total. The standard InChI is InChI=1S/C18H15N3O4/c1-9-15(10(2)21(3)20-9)19-17(23)14-8-12-16(22)11-6-4-5-7-13(11)24-18(12)25-14/h4-8H,1-3H3,(H,19,23). The first-order valence-corrected chi connectivity index (χ1v) is 7.72. The van der Waals surface area contributed by atoms with Gasteiger partial charge in [0.15, 0.2) is 5.76 Å². The maximum atomic E-state index is 12.5. The number of nitrogens with zero attached hydrogens (tertiary/aromatic N) is 2. The van der Waals surface area contributed by atoms with E-state index in [-0.39, 0.29) is 22.4 Å².